The van der Waals surface area contributed by atoms with E-state index in [-0.39, 0.29) is 0 Å². The van der Waals surface area contributed by atoms with Gasteiger partial charge in [-0.05, 0) is 54.8 Å². The van der Waals surface area contributed by atoms with E-state index in [0.717, 1.165) is 48.9 Å². The fourth-order valence-electron chi connectivity index (χ4n) is 3.82. The molecule has 0 radical (unpaired) electrons. The maximum Gasteiger partial charge on any atom is 0.119 e. The van der Waals surface area contributed by atoms with Crippen molar-refractivity contribution < 1.29 is 4.74 Å². The number of nitrogens with two attached hydrogens (primary N) is 1. The van der Waals surface area contributed by atoms with E-state index in [4.69, 9.17) is 22.1 Å². The molecule has 0 spiro atoms. The van der Waals surface area contributed by atoms with E-state index in [1.807, 2.05) is 24.3 Å². The third-order valence-corrected chi connectivity index (χ3v) is 5.81. The van der Waals surface area contributed by atoms with E-state index in [1.165, 1.54) is 12.0 Å². The van der Waals surface area contributed by atoms with Gasteiger partial charge in [-0.15, -0.1) is 0 Å². The molecule has 4 rings (SSSR count). The summed E-state index contributed by atoms with van der Waals surface area (Å²) in [5, 5.41) is 4.44. The van der Waals surface area contributed by atoms with Gasteiger partial charge in [-0.3, -0.25) is 0 Å². The van der Waals surface area contributed by atoms with Crippen molar-refractivity contribution in [2.45, 2.75) is 37.5 Å². The zero-order valence-electron chi connectivity index (χ0n) is 15.6. The Morgan fingerprint density at radius 2 is 1.89 bits per heavy atom. The molecule has 3 N–H and O–H groups in total. The molecule has 1 aliphatic heterocycles. The SMILES string of the molecule is NC1CCN(CCN[C@@H]2C[C@H]2c2ccc(OCc3ccc(Cl)cc3)cc2)C1. The summed E-state index contributed by atoms with van der Waals surface area (Å²) in [5.41, 5.74) is 8.48. The van der Waals surface area contributed by atoms with Crippen LogP contribution in [0.25, 0.3) is 0 Å². The van der Waals surface area contributed by atoms with Crippen LogP contribution in [0.4, 0.5) is 0 Å². The van der Waals surface area contributed by atoms with Gasteiger partial charge in [0, 0.05) is 42.7 Å². The molecule has 5 heteroatoms. The topological polar surface area (TPSA) is 50.5 Å². The lowest BCUT2D eigenvalue weighted by molar-refractivity contribution is 0.306. The Hall–Kier alpha value is -1.59. The van der Waals surface area contributed by atoms with Crippen LogP contribution in [0.5, 0.6) is 5.75 Å². The largest absolute Gasteiger partial charge is 0.489 e. The summed E-state index contributed by atoms with van der Waals surface area (Å²) in [6, 6.07) is 17.3. The second-order valence-corrected chi connectivity index (χ2v) is 8.17. The van der Waals surface area contributed by atoms with Crippen molar-refractivity contribution in [2.75, 3.05) is 26.2 Å². The molecule has 1 saturated carbocycles. The van der Waals surface area contributed by atoms with Crippen LogP contribution in [-0.4, -0.2) is 43.2 Å². The highest BCUT2D eigenvalue weighted by molar-refractivity contribution is 6.30. The van der Waals surface area contributed by atoms with E-state index in [2.05, 4.69) is 34.5 Å². The summed E-state index contributed by atoms with van der Waals surface area (Å²) in [5.74, 6) is 1.54. The van der Waals surface area contributed by atoms with Gasteiger partial charge in [-0.1, -0.05) is 35.9 Å². The first kappa shape index (κ1) is 18.8. The Morgan fingerprint density at radius 3 is 2.59 bits per heavy atom. The monoisotopic (exact) mass is 385 g/mol. The predicted molar refractivity (Wildman–Crippen MR) is 110 cm³/mol. The Labute approximate surface area is 166 Å². The van der Waals surface area contributed by atoms with Crippen LogP contribution in [0.3, 0.4) is 0 Å². The lowest BCUT2D eigenvalue weighted by atomic mass is 10.1. The fourth-order valence-corrected chi connectivity index (χ4v) is 3.95. The van der Waals surface area contributed by atoms with Gasteiger partial charge < -0.3 is 20.7 Å². The molecule has 1 aliphatic carbocycles. The maximum absolute atomic E-state index is 5.96. The van der Waals surface area contributed by atoms with E-state index in [0.29, 0.717) is 24.6 Å². The molecule has 1 unspecified atom stereocenters. The first-order valence-corrected chi connectivity index (χ1v) is 10.2. The number of ether oxygens (including phenoxy) is 1. The molecule has 2 aromatic rings. The van der Waals surface area contributed by atoms with E-state index in [9.17, 15) is 0 Å². The minimum absolute atomic E-state index is 0.374. The molecule has 27 heavy (non-hydrogen) atoms. The molecular weight excluding hydrogens is 358 g/mol. The third-order valence-electron chi connectivity index (χ3n) is 5.56. The number of likely N-dealkylation sites (tertiary alicyclic amines) is 1. The van der Waals surface area contributed by atoms with Crippen LogP contribution in [0.2, 0.25) is 5.02 Å². The van der Waals surface area contributed by atoms with Crippen LogP contribution in [0.15, 0.2) is 48.5 Å². The predicted octanol–water partition coefficient (Wildman–Crippen LogP) is 3.40. The average Bonchev–Trinajstić information content (AvgIpc) is 3.34. The van der Waals surface area contributed by atoms with E-state index < -0.39 is 0 Å². The molecule has 2 fully saturated rings. The number of nitrogens with one attached hydrogen (secondary N) is 1. The maximum atomic E-state index is 5.96. The van der Waals surface area contributed by atoms with Crippen LogP contribution in [0, 0.1) is 0 Å². The van der Waals surface area contributed by atoms with Crippen LogP contribution < -0.4 is 15.8 Å². The second-order valence-electron chi connectivity index (χ2n) is 7.74. The lowest BCUT2D eigenvalue weighted by Crippen LogP contribution is -2.33. The quantitative estimate of drug-likeness (QED) is 0.731. The number of hydrogen-bond donors (Lipinski definition) is 2. The van der Waals surface area contributed by atoms with Gasteiger partial charge in [0.1, 0.15) is 12.4 Å². The first-order valence-electron chi connectivity index (χ1n) is 9.86. The zero-order valence-corrected chi connectivity index (χ0v) is 16.4. The Balaban J connectivity index is 1.19. The van der Waals surface area contributed by atoms with Crippen LogP contribution >= 0.6 is 11.6 Å². The highest BCUT2D eigenvalue weighted by Gasteiger charge is 2.37. The smallest absolute Gasteiger partial charge is 0.119 e. The summed E-state index contributed by atoms with van der Waals surface area (Å²) >= 11 is 5.91. The van der Waals surface area contributed by atoms with Crippen LogP contribution in [0.1, 0.15) is 29.9 Å². The van der Waals surface area contributed by atoms with Crippen molar-refractivity contribution in [3.05, 3.63) is 64.7 Å². The van der Waals surface area contributed by atoms with E-state index >= 15 is 0 Å². The number of rotatable bonds is 8. The fraction of sp³-hybridized carbons (Fsp3) is 0.455. The van der Waals surface area contributed by atoms with Crippen LogP contribution in [-0.2, 0) is 6.61 Å². The van der Waals surface area contributed by atoms with Gasteiger partial charge in [0.25, 0.3) is 0 Å². The molecule has 1 heterocycles. The number of halogens is 1. The lowest BCUT2D eigenvalue weighted by Gasteiger charge is -2.15. The summed E-state index contributed by atoms with van der Waals surface area (Å²) in [7, 11) is 0. The summed E-state index contributed by atoms with van der Waals surface area (Å²) in [4.78, 5) is 2.46. The highest BCUT2D eigenvalue weighted by atomic mass is 35.5. The van der Waals surface area contributed by atoms with Crippen molar-refractivity contribution in [3.63, 3.8) is 0 Å². The first-order chi connectivity index (χ1) is 13.2. The average molecular weight is 386 g/mol. The Bertz CT molecular complexity index is 734. The highest BCUT2D eigenvalue weighted by Crippen LogP contribution is 2.41. The third kappa shape index (κ3) is 5.23. The molecule has 0 aromatic heterocycles. The van der Waals surface area contributed by atoms with Gasteiger partial charge in [0.15, 0.2) is 0 Å². The molecular formula is C22H28ClN3O. The molecule has 2 aromatic carbocycles. The molecule has 0 amide bonds. The molecule has 3 atom stereocenters. The van der Waals surface area contributed by atoms with Crippen molar-refractivity contribution >= 4 is 11.6 Å². The Morgan fingerprint density at radius 1 is 1.11 bits per heavy atom. The number of benzene rings is 2. The minimum Gasteiger partial charge on any atom is -0.489 e. The van der Waals surface area contributed by atoms with Crippen molar-refractivity contribution in [2.24, 2.45) is 5.73 Å². The summed E-state index contributed by atoms with van der Waals surface area (Å²) in [6.07, 6.45) is 2.36. The zero-order chi connectivity index (χ0) is 18.6. The normalized spacial score (nSPS) is 24.9. The Kier molecular flexibility index (Phi) is 5.98. The summed E-state index contributed by atoms with van der Waals surface area (Å²) in [6.45, 7) is 4.91. The molecule has 0 bridgehead atoms. The van der Waals surface area contributed by atoms with Gasteiger partial charge in [0.05, 0.1) is 0 Å². The number of hydrogen-bond acceptors (Lipinski definition) is 4. The van der Waals surface area contributed by atoms with Gasteiger partial charge >= 0.3 is 0 Å². The standard InChI is InChI=1S/C22H28ClN3O/c23-18-5-1-16(2-6-18)15-27-20-7-3-17(4-8-20)21-13-22(21)25-10-12-26-11-9-19(24)14-26/h1-8,19,21-22,25H,9-15,24H2/t19?,21-,22+/m0/s1. The molecule has 2 aliphatic rings. The molecule has 4 nitrogen and oxygen atoms in total. The van der Waals surface area contributed by atoms with Crippen molar-refractivity contribution in [1.29, 1.82) is 0 Å². The van der Waals surface area contributed by atoms with Gasteiger partial charge in [-0.25, -0.2) is 0 Å². The minimum atomic E-state index is 0.374. The van der Waals surface area contributed by atoms with Crippen molar-refractivity contribution in [1.82, 2.24) is 10.2 Å². The van der Waals surface area contributed by atoms with Gasteiger partial charge in [-0.2, -0.15) is 0 Å². The molecule has 1 saturated heterocycles. The molecule has 144 valence electrons. The van der Waals surface area contributed by atoms with E-state index in [1.54, 1.807) is 0 Å². The summed E-state index contributed by atoms with van der Waals surface area (Å²) < 4.78 is 5.87. The second kappa shape index (κ2) is 8.61. The number of nitrogens with zero attached hydrogens (tertiary/aromatic N) is 1. The van der Waals surface area contributed by atoms with Crippen molar-refractivity contribution in [3.8, 4) is 5.75 Å². The van der Waals surface area contributed by atoms with Gasteiger partial charge in [0.2, 0.25) is 0 Å².